The summed E-state index contributed by atoms with van der Waals surface area (Å²) in [5.41, 5.74) is 0.911. The molecule has 4 rings (SSSR count). The summed E-state index contributed by atoms with van der Waals surface area (Å²) in [4.78, 5) is 17.4. The number of aryl methyl sites for hydroxylation is 1. The average Bonchev–Trinajstić information content (AvgIpc) is 2.97. The zero-order valence-corrected chi connectivity index (χ0v) is 14.3. The molecule has 1 N–H and O–H groups in total. The van der Waals surface area contributed by atoms with Gasteiger partial charge in [0, 0.05) is 24.9 Å². The number of anilines is 1. The zero-order valence-electron chi connectivity index (χ0n) is 13.5. The molecule has 0 aliphatic heterocycles. The summed E-state index contributed by atoms with van der Waals surface area (Å²) in [6.07, 6.45) is 9.42. The molecule has 1 aliphatic rings. The van der Waals surface area contributed by atoms with Crippen molar-refractivity contribution < 1.29 is 4.79 Å². The maximum atomic E-state index is 12.5. The minimum atomic E-state index is -0.160. The van der Waals surface area contributed by atoms with Gasteiger partial charge in [-0.2, -0.15) is 10.2 Å². The Bertz CT molecular complexity index is 875. The second-order valence-corrected chi connectivity index (χ2v) is 7.16. The van der Waals surface area contributed by atoms with E-state index in [1.54, 1.807) is 23.3 Å². The van der Waals surface area contributed by atoms with Crippen molar-refractivity contribution in [3.8, 4) is 10.6 Å². The highest BCUT2D eigenvalue weighted by atomic mass is 32.1. The third-order valence-electron chi connectivity index (χ3n) is 4.28. The van der Waals surface area contributed by atoms with Gasteiger partial charge in [-0.15, -0.1) is 11.3 Å². The van der Waals surface area contributed by atoms with Crippen molar-refractivity contribution in [3.05, 3.63) is 35.7 Å². The standard InChI is InChI=1S/C16H18N6OS/c1-10(11-3-4-11)22-14(5-6-18-22)20-15(23)13-8-17-16(24-13)12-7-19-21(2)9-12/h5-11H,3-4H2,1-2H3,(H,20,23). The molecule has 24 heavy (non-hydrogen) atoms. The summed E-state index contributed by atoms with van der Waals surface area (Å²) in [5, 5.41) is 12.2. The van der Waals surface area contributed by atoms with Crippen molar-refractivity contribution in [2.45, 2.75) is 25.8 Å². The van der Waals surface area contributed by atoms with Crippen LogP contribution in [0.5, 0.6) is 0 Å². The van der Waals surface area contributed by atoms with Gasteiger partial charge in [0.1, 0.15) is 15.7 Å². The minimum Gasteiger partial charge on any atom is -0.306 e. The molecule has 3 aromatic rings. The molecule has 1 unspecified atom stereocenters. The Morgan fingerprint density at radius 3 is 2.92 bits per heavy atom. The number of nitrogens with zero attached hydrogens (tertiary/aromatic N) is 5. The first-order valence-corrected chi connectivity index (χ1v) is 8.73. The van der Waals surface area contributed by atoms with Crippen LogP contribution in [0.15, 0.2) is 30.9 Å². The second kappa shape index (κ2) is 5.86. The minimum absolute atomic E-state index is 0.160. The first-order valence-electron chi connectivity index (χ1n) is 7.91. The van der Waals surface area contributed by atoms with Crippen LogP contribution in [0.3, 0.4) is 0 Å². The van der Waals surface area contributed by atoms with E-state index in [9.17, 15) is 4.79 Å². The van der Waals surface area contributed by atoms with Gasteiger partial charge in [-0.3, -0.25) is 9.48 Å². The normalized spacial score (nSPS) is 15.4. The van der Waals surface area contributed by atoms with E-state index in [1.807, 2.05) is 24.0 Å². The monoisotopic (exact) mass is 342 g/mol. The van der Waals surface area contributed by atoms with Crippen LogP contribution >= 0.6 is 11.3 Å². The zero-order chi connectivity index (χ0) is 16.7. The predicted molar refractivity (Wildman–Crippen MR) is 91.9 cm³/mol. The maximum absolute atomic E-state index is 12.5. The van der Waals surface area contributed by atoms with E-state index in [-0.39, 0.29) is 5.91 Å². The van der Waals surface area contributed by atoms with E-state index >= 15 is 0 Å². The Morgan fingerprint density at radius 2 is 2.21 bits per heavy atom. The summed E-state index contributed by atoms with van der Waals surface area (Å²) >= 11 is 1.36. The Morgan fingerprint density at radius 1 is 1.38 bits per heavy atom. The van der Waals surface area contributed by atoms with E-state index in [0.717, 1.165) is 16.4 Å². The fourth-order valence-corrected chi connectivity index (χ4v) is 3.52. The van der Waals surface area contributed by atoms with Crippen LogP contribution in [0.4, 0.5) is 5.82 Å². The summed E-state index contributed by atoms with van der Waals surface area (Å²) in [6, 6.07) is 2.14. The van der Waals surface area contributed by atoms with Crippen LogP contribution in [0.1, 0.15) is 35.5 Å². The Hall–Kier alpha value is -2.48. The molecule has 1 fully saturated rings. The van der Waals surface area contributed by atoms with Crippen LogP contribution in [-0.2, 0) is 7.05 Å². The SMILES string of the molecule is CC(C1CC1)n1nccc1NC(=O)c1cnc(-c2cnn(C)c2)s1. The van der Waals surface area contributed by atoms with Crippen molar-refractivity contribution >= 4 is 23.1 Å². The summed E-state index contributed by atoms with van der Waals surface area (Å²) < 4.78 is 3.62. The largest absolute Gasteiger partial charge is 0.306 e. The molecule has 8 heteroatoms. The van der Waals surface area contributed by atoms with Gasteiger partial charge in [0.25, 0.3) is 5.91 Å². The highest BCUT2D eigenvalue weighted by Crippen LogP contribution is 2.40. The lowest BCUT2D eigenvalue weighted by atomic mass is 10.2. The van der Waals surface area contributed by atoms with E-state index in [4.69, 9.17) is 0 Å². The Labute approximate surface area is 143 Å². The highest BCUT2D eigenvalue weighted by molar-refractivity contribution is 7.17. The summed E-state index contributed by atoms with van der Waals surface area (Å²) in [6.45, 7) is 2.15. The molecule has 0 saturated heterocycles. The van der Waals surface area contributed by atoms with Gasteiger partial charge in [-0.1, -0.05) is 0 Å². The number of nitrogens with one attached hydrogen (secondary N) is 1. The molecule has 1 aliphatic carbocycles. The lowest BCUT2D eigenvalue weighted by Crippen LogP contribution is -2.17. The molecule has 0 bridgehead atoms. The van der Waals surface area contributed by atoms with Crippen LogP contribution in [0.25, 0.3) is 10.6 Å². The summed E-state index contributed by atoms with van der Waals surface area (Å²) in [7, 11) is 1.85. The summed E-state index contributed by atoms with van der Waals surface area (Å²) in [5.74, 6) is 1.24. The number of amides is 1. The van der Waals surface area contributed by atoms with E-state index in [0.29, 0.717) is 16.8 Å². The van der Waals surface area contributed by atoms with Crippen molar-refractivity contribution in [2.24, 2.45) is 13.0 Å². The lowest BCUT2D eigenvalue weighted by molar-refractivity contribution is 0.102. The van der Waals surface area contributed by atoms with E-state index < -0.39 is 0 Å². The van der Waals surface area contributed by atoms with Gasteiger partial charge in [-0.05, 0) is 25.7 Å². The number of aromatic nitrogens is 5. The van der Waals surface area contributed by atoms with Crippen molar-refractivity contribution in [1.29, 1.82) is 0 Å². The fourth-order valence-electron chi connectivity index (χ4n) is 2.74. The van der Waals surface area contributed by atoms with Crippen molar-refractivity contribution in [3.63, 3.8) is 0 Å². The molecule has 3 heterocycles. The molecule has 1 amide bonds. The van der Waals surface area contributed by atoms with E-state index in [2.05, 4.69) is 27.4 Å². The Balaban J connectivity index is 1.51. The van der Waals surface area contributed by atoms with Gasteiger partial charge in [-0.25, -0.2) is 9.67 Å². The third-order valence-corrected chi connectivity index (χ3v) is 5.33. The first kappa shape index (κ1) is 15.1. The van der Waals surface area contributed by atoms with Gasteiger partial charge < -0.3 is 5.32 Å². The molecule has 1 saturated carbocycles. The molecule has 0 spiro atoms. The van der Waals surface area contributed by atoms with Gasteiger partial charge in [0.15, 0.2) is 0 Å². The number of hydrogen-bond donors (Lipinski definition) is 1. The van der Waals surface area contributed by atoms with Crippen LogP contribution in [0, 0.1) is 5.92 Å². The van der Waals surface area contributed by atoms with Crippen LogP contribution in [-0.4, -0.2) is 30.5 Å². The number of carbonyl (C=O) groups is 1. The molecular formula is C16H18N6OS. The first-order chi connectivity index (χ1) is 11.6. The predicted octanol–water partition coefficient (Wildman–Crippen LogP) is 2.96. The molecule has 0 radical (unpaired) electrons. The number of hydrogen-bond acceptors (Lipinski definition) is 5. The Kier molecular flexibility index (Phi) is 3.68. The van der Waals surface area contributed by atoms with Crippen molar-refractivity contribution in [2.75, 3.05) is 5.32 Å². The second-order valence-electron chi connectivity index (χ2n) is 6.13. The van der Waals surface area contributed by atoms with Crippen LogP contribution in [0.2, 0.25) is 0 Å². The highest BCUT2D eigenvalue weighted by Gasteiger charge is 2.30. The average molecular weight is 342 g/mol. The number of carbonyl (C=O) groups excluding carboxylic acids is 1. The van der Waals surface area contributed by atoms with Crippen molar-refractivity contribution in [1.82, 2.24) is 24.5 Å². The molecule has 124 valence electrons. The topological polar surface area (TPSA) is 77.6 Å². The van der Waals surface area contributed by atoms with Crippen LogP contribution < -0.4 is 5.32 Å². The molecule has 1 atom stereocenters. The van der Waals surface area contributed by atoms with Gasteiger partial charge in [0.2, 0.25) is 0 Å². The molecule has 3 aromatic heterocycles. The smallest absolute Gasteiger partial charge is 0.268 e. The van der Waals surface area contributed by atoms with Gasteiger partial charge >= 0.3 is 0 Å². The quantitative estimate of drug-likeness (QED) is 0.773. The molecule has 7 nitrogen and oxygen atoms in total. The maximum Gasteiger partial charge on any atom is 0.268 e. The number of rotatable bonds is 5. The lowest BCUT2D eigenvalue weighted by Gasteiger charge is -2.14. The molecular weight excluding hydrogens is 324 g/mol. The number of thiazole rings is 1. The third kappa shape index (κ3) is 2.84. The van der Waals surface area contributed by atoms with Gasteiger partial charge in [0.05, 0.1) is 24.6 Å². The molecule has 0 aromatic carbocycles. The fraction of sp³-hybridized carbons (Fsp3) is 0.375. The van der Waals surface area contributed by atoms with E-state index in [1.165, 1.54) is 24.2 Å².